The summed E-state index contributed by atoms with van der Waals surface area (Å²) in [6.45, 7) is 11.3. The first-order chi connectivity index (χ1) is 14.3. The number of urea groups is 1. The summed E-state index contributed by atoms with van der Waals surface area (Å²) in [4.78, 5) is 25.4. The number of carboxylic acid groups (broad SMARTS) is 1. The van der Waals surface area contributed by atoms with Crippen molar-refractivity contribution in [2.24, 2.45) is 10.8 Å². The number of aryl methyl sites for hydroxylation is 1. The van der Waals surface area contributed by atoms with Crippen molar-refractivity contribution < 1.29 is 14.7 Å². The SMILES string of the molecule is CC(C)(C)CCc1ccc(C23CCC(C)(C)CC2=CN(CCC(=O)O)C(=O)N3)cc1Cl. The van der Waals surface area contributed by atoms with Gasteiger partial charge in [0.05, 0.1) is 12.0 Å². The number of halogens is 1. The number of hydrogen-bond acceptors (Lipinski definition) is 2. The first-order valence-electron chi connectivity index (χ1n) is 11.1. The quantitative estimate of drug-likeness (QED) is 0.554. The van der Waals surface area contributed by atoms with E-state index in [-0.39, 0.29) is 29.8 Å². The number of carboxylic acids is 1. The van der Waals surface area contributed by atoms with Crippen molar-refractivity contribution in [3.8, 4) is 0 Å². The Bertz CT molecular complexity index is 901. The molecule has 0 aromatic heterocycles. The molecule has 1 aromatic rings. The number of fused-ring (bicyclic) bond motifs is 1. The van der Waals surface area contributed by atoms with E-state index in [0.717, 1.165) is 53.8 Å². The van der Waals surface area contributed by atoms with Crippen LogP contribution in [0.3, 0.4) is 0 Å². The van der Waals surface area contributed by atoms with Gasteiger partial charge in [0.15, 0.2) is 0 Å². The molecule has 2 aliphatic rings. The van der Waals surface area contributed by atoms with Gasteiger partial charge in [-0.15, -0.1) is 0 Å². The monoisotopic (exact) mass is 446 g/mol. The molecule has 6 heteroatoms. The lowest BCUT2D eigenvalue weighted by Gasteiger charge is -2.50. The van der Waals surface area contributed by atoms with E-state index in [1.807, 2.05) is 12.3 Å². The number of nitrogens with zero attached hydrogens (tertiary/aromatic N) is 1. The molecule has 1 heterocycles. The zero-order valence-corrected chi connectivity index (χ0v) is 20.1. The number of hydrogen-bond donors (Lipinski definition) is 2. The van der Waals surface area contributed by atoms with E-state index in [9.17, 15) is 9.59 Å². The third-order valence-electron chi connectivity index (χ3n) is 6.54. The molecule has 0 bridgehead atoms. The molecule has 1 atom stereocenters. The van der Waals surface area contributed by atoms with Crippen LogP contribution in [0.15, 0.2) is 30.0 Å². The predicted molar refractivity (Wildman–Crippen MR) is 124 cm³/mol. The van der Waals surface area contributed by atoms with Gasteiger partial charge >= 0.3 is 12.0 Å². The van der Waals surface area contributed by atoms with Gasteiger partial charge < -0.3 is 15.3 Å². The second kappa shape index (κ2) is 8.50. The molecule has 2 N–H and O–H groups in total. The molecule has 2 amide bonds. The van der Waals surface area contributed by atoms with E-state index in [1.54, 1.807) is 0 Å². The van der Waals surface area contributed by atoms with Crippen molar-refractivity contribution in [2.45, 2.75) is 78.7 Å². The van der Waals surface area contributed by atoms with E-state index in [0.29, 0.717) is 0 Å². The van der Waals surface area contributed by atoms with Crippen LogP contribution in [0, 0.1) is 10.8 Å². The van der Waals surface area contributed by atoms with Crippen molar-refractivity contribution in [1.29, 1.82) is 0 Å². The Labute approximate surface area is 190 Å². The topological polar surface area (TPSA) is 69.6 Å². The molecule has 1 saturated carbocycles. The average Bonchev–Trinajstić information content (AvgIpc) is 2.64. The molecule has 5 nitrogen and oxygen atoms in total. The minimum absolute atomic E-state index is 0.0815. The number of rotatable bonds is 6. The van der Waals surface area contributed by atoms with Crippen LogP contribution in [0.5, 0.6) is 0 Å². The van der Waals surface area contributed by atoms with Crippen molar-refractivity contribution in [3.63, 3.8) is 0 Å². The van der Waals surface area contributed by atoms with Crippen LogP contribution in [0.4, 0.5) is 4.79 Å². The van der Waals surface area contributed by atoms with Crippen molar-refractivity contribution >= 4 is 23.6 Å². The van der Waals surface area contributed by atoms with Crippen LogP contribution in [0.2, 0.25) is 5.02 Å². The number of carbonyl (C=O) groups excluding carboxylic acids is 1. The Hall–Kier alpha value is -2.01. The number of nitrogens with one attached hydrogen (secondary N) is 1. The van der Waals surface area contributed by atoms with Crippen LogP contribution in [0.25, 0.3) is 0 Å². The average molecular weight is 447 g/mol. The normalized spacial score (nSPS) is 23.1. The van der Waals surface area contributed by atoms with Crippen LogP contribution in [-0.2, 0) is 16.8 Å². The number of aliphatic carboxylic acids is 1. The molecule has 0 spiro atoms. The third kappa shape index (κ3) is 5.43. The third-order valence-corrected chi connectivity index (χ3v) is 6.90. The maximum atomic E-state index is 12.9. The zero-order chi connectivity index (χ0) is 23.0. The van der Waals surface area contributed by atoms with Gasteiger partial charge in [-0.1, -0.05) is 58.4 Å². The van der Waals surface area contributed by atoms with Gasteiger partial charge in [0, 0.05) is 17.8 Å². The predicted octanol–water partition coefficient (Wildman–Crippen LogP) is 6.11. The number of amides is 2. The highest BCUT2D eigenvalue weighted by Gasteiger charge is 2.47. The fourth-order valence-corrected chi connectivity index (χ4v) is 4.83. The fourth-order valence-electron chi connectivity index (χ4n) is 4.55. The molecule has 31 heavy (non-hydrogen) atoms. The maximum Gasteiger partial charge on any atom is 0.322 e. The summed E-state index contributed by atoms with van der Waals surface area (Å²) >= 11 is 6.70. The Morgan fingerprint density at radius 2 is 1.97 bits per heavy atom. The summed E-state index contributed by atoms with van der Waals surface area (Å²) in [5.74, 6) is -0.912. The lowest BCUT2D eigenvalue weighted by molar-refractivity contribution is -0.137. The van der Waals surface area contributed by atoms with E-state index in [4.69, 9.17) is 16.7 Å². The Kier molecular flexibility index (Phi) is 6.48. The van der Waals surface area contributed by atoms with E-state index < -0.39 is 11.5 Å². The van der Waals surface area contributed by atoms with Gasteiger partial charge in [-0.05, 0) is 65.7 Å². The van der Waals surface area contributed by atoms with Gasteiger partial charge in [0.2, 0.25) is 0 Å². The largest absolute Gasteiger partial charge is 0.481 e. The first kappa shape index (κ1) is 23.6. The summed E-state index contributed by atoms with van der Waals surface area (Å²) in [6, 6.07) is 5.96. The highest BCUT2D eigenvalue weighted by molar-refractivity contribution is 6.31. The highest BCUT2D eigenvalue weighted by Crippen LogP contribution is 2.50. The zero-order valence-electron chi connectivity index (χ0n) is 19.3. The van der Waals surface area contributed by atoms with Crippen LogP contribution in [0.1, 0.15) is 77.8 Å². The van der Waals surface area contributed by atoms with Gasteiger partial charge in [-0.25, -0.2) is 4.79 Å². The van der Waals surface area contributed by atoms with Crippen LogP contribution in [-0.4, -0.2) is 28.6 Å². The Morgan fingerprint density at radius 3 is 2.58 bits per heavy atom. The van der Waals surface area contributed by atoms with E-state index in [2.05, 4.69) is 52.1 Å². The molecule has 1 unspecified atom stereocenters. The molecular formula is C25H35ClN2O3. The molecule has 1 aromatic carbocycles. The van der Waals surface area contributed by atoms with Crippen molar-refractivity contribution in [3.05, 3.63) is 46.1 Å². The lowest BCUT2D eigenvalue weighted by atomic mass is 9.63. The molecular weight excluding hydrogens is 412 g/mol. The molecule has 3 rings (SSSR count). The standard InChI is InChI=1S/C25H35ClN2O3/c1-23(2,3)10-8-17-6-7-18(14-20(17)26)25-12-11-24(4,5)15-19(25)16-28(22(31)27-25)13-9-21(29)30/h6-7,14,16H,8-13,15H2,1-5H3,(H,27,31)(H,29,30). The molecule has 1 fully saturated rings. The smallest absolute Gasteiger partial charge is 0.322 e. The first-order valence-corrected chi connectivity index (χ1v) is 11.5. The molecule has 1 aliphatic carbocycles. The summed E-state index contributed by atoms with van der Waals surface area (Å²) in [6.07, 6.45) is 6.36. The van der Waals surface area contributed by atoms with E-state index >= 15 is 0 Å². The van der Waals surface area contributed by atoms with Crippen molar-refractivity contribution in [1.82, 2.24) is 10.2 Å². The minimum atomic E-state index is -0.912. The summed E-state index contributed by atoms with van der Waals surface area (Å²) < 4.78 is 0. The number of carbonyl (C=O) groups is 2. The number of benzene rings is 1. The van der Waals surface area contributed by atoms with Gasteiger partial charge in [0.25, 0.3) is 0 Å². The molecule has 0 radical (unpaired) electrons. The van der Waals surface area contributed by atoms with Crippen LogP contribution < -0.4 is 5.32 Å². The van der Waals surface area contributed by atoms with Gasteiger partial charge in [-0.3, -0.25) is 4.79 Å². The second-order valence-electron chi connectivity index (χ2n) is 11.0. The summed E-state index contributed by atoms with van der Waals surface area (Å²) in [5.41, 5.74) is 3.02. The molecule has 170 valence electrons. The van der Waals surface area contributed by atoms with E-state index in [1.165, 1.54) is 4.90 Å². The Morgan fingerprint density at radius 1 is 1.26 bits per heavy atom. The second-order valence-corrected chi connectivity index (χ2v) is 11.4. The molecule has 1 aliphatic heterocycles. The Balaban J connectivity index is 1.95. The lowest BCUT2D eigenvalue weighted by Crippen LogP contribution is -2.57. The van der Waals surface area contributed by atoms with Crippen LogP contribution >= 0.6 is 11.6 Å². The highest BCUT2D eigenvalue weighted by atomic mass is 35.5. The maximum absolute atomic E-state index is 12.9. The minimum Gasteiger partial charge on any atom is -0.481 e. The van der Waals surface area contributed by atoms with Gasteiger partial charge in [-0.2, -0.15) is 0 Å². The molecule has 0 saturated heterocycles. The summed E-state index contributed by atoms with van der Waals surface area (Å²) in [5, 5.41) is 13.0. The summed E-state index contributed by atoms with van der Waals surface area (Å²) in [7, 11) is 0. The fraction of sp³-hybridized carbons (Fsp3) is 0.600. The van der Waals surface area contributed by atoms with Gasteiger partial charge in [0.1, 0.15) is 0 Å². The van der Waals surface area contributed by atoms with Crippen molar-refractivity contribution in [2.75, 3.05) is 6.54 Å².